The molecule has 1 aromatic carbocycles. The zero-order valence-corrected chi connectivity index (χ0v) is 14.2. The van der Waals surface area contributed by atoms with Gasteiger partial charge in [-0.15, -0.1) is 0 Å². The van der Waals surface area contributed by atoms with E-state index in [1.54, 1.807) is 32.0 Å². The third kappa shape index (κ3) is 3.67. The van der Waals surface area contributed by atoms with Crippen LogP contribution in [-0.2, 0) is 9.84 Å². The van der Waals surface area contributed by atoms with Crippen molar-refractivity contribution in [3.05, 3.63) is 29.8 Å². The third-order valence-corrected chi connectivity index (χ3v) is 6.23. The zero-order chi connectivity index (χ0) is 16.3. The molecule has 0 radical (unpaired) electrons. The molecule has 1 aromatic rings. The SMILES string of the molecule is CC(C)S(=O)(=O)c1ccccc1C(=O)N[C@H]1CCCN(C)C1. The second-order valence-electron chi connectivity index (χ2n) is 6.16. The van der Waals surface area contributed by atoms with E-state index in [4.69, 9.17) is 0 Å². The molecule has 1 heterocycles. The van der Waals surface area contributed by atoms with Crippen molar-refractivity contribution < 1.29 is 13.2 Å². The molecular weight excluding hydrogens is 300 g/mol. The number of nitrogens with one attached hydrogen (secondary N) is 1. The lowest BCUT2D eigenvalue weighted by Gasteiger charge is -2.30. The van der Waals surface area contributed by atoms with Crippen LogP contribution in [-0.4, -0.2) is 50.7 Å². The number of likely N-dealkylation sites (tertiary alicyclic amines) is 1. The fourth-order valence-corrected chi connectivity index (χ4v) is 3.95. The van der Waals surface area contributed by atoms with Gasteiger partial charge in [0.2, 0.25) is 0 Å². The van der Waals surface area contributed by atoms with Gasteiger partial charge in [0.15, 0.2) is 9.84 Å². The van der Waals surface area contributed by atoms with Gasteiger partial charge in [-0.3, -0.25) is 4.79 Å². The van der Waals surface area contributed by atoms with E-state index in [0.29, 0.717) is 0 Å². The Kier molecular flexibility index (Phi) is 5.24. The predicted molar refractivity (Wildman–Crippen MR) is 86.7 cm³/mol. The van der Waals surface area contributed by atoms with Gasteiger partial charge in [0, 0.05) is 12.6 Å². The molecule has 1 aliphatic rings. The average Bonchev–Trinajstić information content (AvgIpc) is 2.47. The number of carbonyl (C=O) groups excluding carboxylic acids is 1. The Bertz CT molecular complexity index is 641. The highest BCUT2D eigenvalue weighted by Gasteiger charge is 2.27. The number of hydrogen-bond donors (Lipinski definition) is 1. The van der Waals surface area contributed by atoms with Gasteiger partial charge < -0.3 is 10.2 Å². The summed E-state index contributed by atoms with van der Waals surface area (Å²) >= 11 is 0. The minimum Gasteiger partial charge on any atom is -0.348 e. The molecule has 1 fully saturated rings. The highest BCUT2D eigenvalue weighted by atomic mass is 32.2. The van der Waals surface area contributed by atoms with Gasteiger partial charge >= 0.3 is 0 Å². The van der Waals surface area contributed by atoms with Crippen molar-refractivity contribution in [2.24, 2.45) is 0 Å². The molecule has 0 unspecified atom stereocenters. The van der Waals surface area contributed by atoms with Crippen LogP contribution in [0, 0.1) is 0 Å². The summed E-state index contributed by atoms with van der Waals surface area (Å²) < 4.78 is 24.8. The van der Waals surface area contributed by atoms with E-state index in [0.717, 1.165) is 25.9 Å². The van der Waals surface area contributed by atoms with Crippen molar-refractivity contribution in [3.63, 3.8) is 0 Å². The van der Waals surface area contributed by atoms with Gasteiger partial charge in [0.1, 0.15) is 0 Å². The molecule has 1 atom stereocenters. The number of carbonyl (C=O) groups is 1. The van der Waals surface area contributed by atoms with Crippen LogP contribution in [0.1, 0.15) is 37.0 Å². The zero-order valence-electron chi connectivity index (χ0n) is 13.4. The number of likely N-dealkylation sites (N-methyl/N-ethyl adjacent to an activating group) is 1. The maximum absolute atomic E-state index is 12.5. The third-order valence-electron chi connectivity index (χ3n) is 4.02. The van der Waals surface area contributed by atoms with Crippen LogP contribution in [0.5, 0.6) is 0 Å². The summed E-state index contributed by atoms with van der Waals surface area (Å²) in [6, 6.07) is 6.51. The van der Waals surface area contributed by atoms with Crippen LogP contribution in [0.15, 0.2) is 29.2 Å². The van der Waals surface area contributed by atoms with Crippen LogP contribution in [0.25, 0.3) is 0 Å². The van der Waals surface area contributed by atoms with Crippen LogP contribution < -0.4 is 5.32 Å². The van der Waals surface area contributed by atoms with E-state index in [1.807, 2.05) is 7.05 Å². The molecule has 0 aromatic heterocycles. The second kappa shape index (κ2) is 6.79. The first-order valence-electron chi connectivity index (χ1n) is 7.64. The molecule has 122 valence electrons. The molecule has 1 amide bonds. The number of sulfone groups is 1. The smallest absolute Gasteiger partial charge is 0.252 e. The molecule has 0 aliphatic carbocycles. The lowest BCUT2D eigenvalue weighted by atomic mass is 10.1. The van der Waals surface area contributed by atoms with Gasteiger partial charge in [0.05, 0.1) is 15.7 Å². The molecule has 2 rings (SSSR count). The molecule has 1 saturated heterocycles. The number of nitrogens with zero attached hydrogens (tertiary/aromatic N) is 1. The standard InChI is InChI=1S/C16H24N2O3S/c1-12(2)22(20,21)15-9-5-4-8-14(15)16(19)17-13-7-6-10-18(3)11-13/h4-5,8-9,12-13H,6-7,10-11H2,1-3H3,(H,17,19)/t13-/m0/s1. The van der Waals surface area contributed by atoms with Gasteiger partial charge in [-0.2, -0.15) is 0 Å². The Morgan fingerprint density at radius 2 is 2.00 bits per heavy atom. The molecule has 6 heteroatoms. The van der Waals surface area contributed by atoms with Crippen molar-refractivity contribution in [2.45, 2.75) is 42.9 Å². The Labute approximate surface area is 132 Å². The monoisotopic (exact) mass is 324 g/mol. The van der Waals surface area contributed by atoms with E-state index in [9.17, 15) is 13.2 Å². The number of piperidine rings is 1. The Hall–Kier alpha value is -1.40. The highest BCUT2D eigenvalue weighted by Crippen LogP contribution is 2.21. The summed E-state index contributed by atoms with van der Waals surface area (Å²) in [5, 5.41) is 2.42. The maximum Gasteiger partial charge on any atom is 0.252 e. The number of amides is 1. The summed E-state index contributed by atoms with van der Waals surface area (Å²) in [7, 11) is -1.45. The molecular formula is C16H24N2O3S. The molecule has 1 N–H and O–H groups in total. The molecule has 22 heavy (non-hydrogen) atoms. The molecule has 5 nitrogen and oxygen atoms in total. The van der Waals surface area contributed by atoms with Crippen LogP contribution in [0.3, 0.4) is 0 Å². The quantitative estimate of drug-likeness (QED) is 0.915. The lowest BCUT2D eigenvalue weighted by molar-refractivity contribution is 0.0909. The lowest BCUT2D eigenvalue weighted by Crippen LogP contribution is -2.46. The molecule has 1 aliphatic heterocycles. The van der Waals surface area contributed by atoms with Gasteiger partial charge in [-0.25, -0.2) is 8.42 Å². The molecule has 0 bridgehead atoms. The fourth-order valence-electron chi connectivity index (χ4n) is 2.70. The normalized spacial score (nSPS) is 20.1. The molecule has 0 saturated carbocycles. The van der Waals surface area contributed by atoms with Crippen molar-refractivity contribution in [1.29, 1.82) is 0 Å². The summed E-state index contributed by atoms with van der Waals surface area (Å²) in [6.07, 6.45) is 1.96. The predicted octanol–water partition coefficient (Wildman–Crippen LogP) is 1.69. The first-order valence-corrected chi connectivity index (χ1v) is 9.19. The second-order valence-corrected chi connectivity index (χ2v) is 8.64. The summed E-state index contributed by atoms with van der Waals surface area (Å²) in [4.78, 5) is 14.8. The van der Waals surface area contributed by atoms with Crippen LogP contribution >= 0.6 is 0 Å². The number of benzene rings is 1. The first-order chi connectivity index (χ1) is 10.3. The number of hydrogen-bond acceptors (Lipinski definition) is 4. The Morgan fingerprint density at radius 3 is 2.64 bits per heavy atom. The summed E-state index contributed by atoms with van der Waals surface area (Å²) in [6.45, 7) is 5.08. The maximum atomic E-state index is 12.5. The van der Waals surface area contributed by atoms with E-state index >= 15 is 0 Å². The van der Waals surface area contributed by atoms with E-state index in [2.05, 4.69) is 10.2 Å². The van der Waals surface area contributed by atoms with E-state index in [-0.39, 0.29) is 22.4 Å². The van der Waals surface area contributed by atoms with Crippen molar-refractivity contribution in [1.82, 2.24) is 10.2 Å². The first kappa shape index (κ1) is 17.0. The highest BCUT2D eigenvalue weighted by molar-refractivity contribution is 7.92. The van der Waals surface area contributed by atoms with E-state index < -0.39 is 15.1 Å². The van der Waals surface area contributed by atoms with Crippen molar-refractivity contribution >= 4 is 15.7 Å². The van der Waals surface area contributed by atoms with Crippen molar-refractivity contribution in [3.8, 4) is 0 Å². The Morgan fingerprint density at radius 1 is 1.32 bits per heavy atom. The van der Waals surface area contributed by atoms with E-state index in [1.165, 1.54) is 6.07 Å². The van der Waals surface area contributed by atoms with Gasteiger partial charge in [-0.1, -0.05) is 12.1 Å². The largest absolute Gasteiger partial charge is 0.348 e. The van der Waals surface area contributed by atoms with Crippen LogP contribution in [0.4, 0.5) is 0 Å². The minimum absolute atomic E-state index is 0.0704. The van der Waals surface area contributed by atoms with Gasteiger partial charge in [0.25, 0.3) is 5.91 Å². The number of rotatable bonds is 4. The van der Waals surface area contributed by atoms with Crippen LogP contribution in [0.2, 0.25) is 0 Å². The molecule has 0 spiro atoms. The Balaban J connectivity index is 2.24. The summed E-state index contributed by atoms with van der Waals surface area (Å²) in [5.41, 5.74) is 0.240. The minimum atomic E-state index is -3.48. The van der Waals surface area contributed by atoms with Crippen molar-refractivity contribution in [2.75, 3.05) is 20.1 Å². The topological polar surface area (TPSA) is 66.5 Å². The fraction of sp³-hybridized carbons (Fsp3) is 0.562. The average molecular weight is 324 g/mol. The van der Waals surface area contributed by atoms with Gasteiger partial charge in [-0.05, 0) is 52.4 Å². The summed E-state index contributed by atoms with van der Waals surface area (Å²) in [5.74, 6) is -0.305.